The van der Waals surface area contributed by atoms with E-state index in [-0.39, 0.29) is 11.3 Å². The standard InChI is InChI=1S/C14H14ClNO/c1-14-7-6-13(17)16-12(14)5-2-9-8-10(15)3-4-11(9)14/h3-5,8H,2,6-7H2,1H3,(H,16,17). The van der Waals surface area contributed by atoms with Crippen LogP contribution in [0.3, 0.4) is 0 Å². The molecule has 0 radical (unpaired) electrons. The maximum Gasteiger partial charge on any atom is 0.224 e. The second-order valence-corrected chi connectivity index (χ2v) is 5.44. The summed E-state index contributed by atoms with van der Waals surface area (Å²) in [5.41, 5.74) is 3.59. The van der Waals surface area contributed by atoms with Gasteiger partial charge in [-0.05, 0) is 43.0 Å². The Morgan fingerprint density at radius 3 is 3.06 bits per heavy atom. The van der Waals surface area contributed by atoms with Crippen molar-refractivity contribution < 1.29 is 4.79 Å². The number of carbonyl (C=O) groups is 1. The molecule has 1 aliphatic carbocycles. The Morgan fingerprint density at radius 2 is 2.24 bits per heavy atom. The first-order valence-electron chi connectivity index (χ1n) is 5.89. The minimum Gasteiger partial charge on any atom is -0.329 e. The van der Waals surface area contributed by atoms with E-state index in [9.17, 15) is 4.79 Å². The van der Waals surface area contributed by atoms with Crippen LogP contribution in [0, 0.1) is 0 Å². The number of piperidine rings is 1. The van der Waals surface area contributed by atoms with Crippen LogP contribution in [-0.4, -0.2) is 5.91 Å². The molecule has 1 aliphatic heterocycles. The third kappa shape index (κ3) is 1.59. The van der Waals surface area contributed by atoms with Gasteiger partial charge in [0.1, 0.15) is 0 Å². The lowest BCUT2D eigenvalue weighted by molar-refractivity contribution is -0.122. The van der Waals surface area contributed by atoms with Gasteiger partial charge in [0.25, 0.3) is 0 Å². The molecule has 1 N–H and O–H groups in total. The Balaban J connectivity index is 2.12. The second kappa shape index (κ2) is 3.61. The molecule has 17 heavy (non-hydrogen) atoms. The second-order valence-electron chi connectivity index (χ2n) is 5.00. The van der Waals surface area contributed by atoms with E-state index in [1.54, 1.807) is 0 Å². The fraction of sp³-hybridized carbons (Fsp3) is 0.357. The number of halogens is 1. The predicted octanol–water partition coefficient (Wildman–Crippen LogP) is 2.95. The number of hydrogen-bond donors (Lipinski definition) is 1. The summed E-state index contributed by atoms with van der Waals surface area (Å²) in [6, 6.07) is 6.07. The minimum atomic E-state index is -0.0495. The van der Waals surface area contributed by atoms with Crippen LogP contribution in [0.1, 0.15) is 30.9 Å². The summed E-state index contributed by atoms with van der Waals surface area (Å²) in [6.45, 7) is 2.20. The van der Waals surface area contributed by atoms with Crippen LogP contribution in [0.4, 0.5) is 0 Å². The summed E-state index contributed by atoms with van der Waals surface area (Å²) < 4.78 is 0. The number of allylic oxidation sites excluding steroid dienone is 2. The van der Waals surface area contributed by atoms with E-state index >= 15 is 0 Å². The maximum absolute atomic E-state index is 11.5. The minimum absolute atomic E-state index is 0.0495. The lowest BCUT2D eigenvalue weighted by atomic mass is 9.69. The Kier molecular flexibility index (Phi) is 2.30. The molecule has 3 rings (SSSR count). The van der Waals surface area contributed by atoms with Crippen molar-refractivity contribution in [2.75, 3.05) is 0 Å². The third-order valence-electron chi connectivity index (χ3n) is 3.91. The highest BCUT2D eigenvalue weighted by Gasteiger charge is 2.39. The van der Waals surface area contributed by atoms with Gasteiger partial charge in [0, 0.05) is 22.6 Å². The van der Waals surface area contributed by atoms with Gasteiger partial charge in [-0.25, -0.2) is 0 Å². The van der Waals surface area contributed by atoms with Gasteiger partial charge in [-0.1, -0.05) is 23.7 Å². The molecule has 1 aromatic rings. The first-order valence-corrected chi connectivity index (χ1v) is 6.27. The first kappa shape index (κ1) is 10.8. The monoisotopic (exact) mass is 247 g/mol. The Bertz CT molecular complexity index is 535. The van der Waals surface area contributed by atoms with Gasteiger partial charge in [-0.3, -0.25) is 4.79 Å². The zero-order valence-corrected chi connectivity index (χ0v) is 10.5. The first-order chi connectivity index (χ1) is 8.09. The zero-order chi connectivity index (χ0) is 12.0. The van der Waals surface area contributed by atoms with Crippen molar-refractivity contribution in [1.29, 1.82) is 0 Å². The molecular weight excluding hydrogens is 234 g/mol. The van der Waals surface area contributed by atoms with Gasteiger partial charge < -0.3 is 5.32 Å². The molecule has 0 saturated carbocycles. The molecule has 88 valence electrons. The number of amides is 1. The fourth-order valence-electron chi connectivity index (χ4n) is 2.89. The quantitative estimate of drug-likeness (QED) is 0.750. The third-order valence-corrected chi connectivity index (χ3v) is 4.14. The van der Waals surface area contributed by atoms with Crippen LogP contribution in [0.15, 0.2) is 30.0 Å². The molecule has 1 fully saturated rings. The van der Waals surface area contributed by atoms with E-state index in [1.165, 1.54) is 11.1 Å². The average molecular weight is 248 g/mol. The van der Waals surface area contributed by atoms with Crippen molar-refractivity contribution in [3.8, 4) is 0 Å². The summed E-state index contributed by atoms with van der Waals surface area (Å²) in [6.07, 6.45) is 4.44. The zero-order valence-electron chi connectivity index (χ0n) is 9.72. The molecule has 2 nitrogen and oxygen atoms in total. The molecule has 1 heterocycles. The summed E-state index contributed by atoms with van der Waals surface area (Å²) in [4.78, 5) is 11.5. The largest absolute Gasteiger partial charge is 0.329 e. The van der Waals surface area contributed by atoms with Crippen LogP contribution in [-0.2, 0) is 16.6 Å². The molecule has 1 atom stereocenters. The summed E-state index contributed by atoms with van der Waals surface area (Å²) >= 11 is 6.03. The number of fused-ring (bicyclic) bond motifs is 3. The van der Waals surface area contributed by atoms with Crippen molar-refractivity contribution in [3.05, 3.63) is 46.1 Å². The van der Waals surface area contributed by atoms with Crippen molar-refractivity contribution in [3.63, 3.8) is 0 Å². The summed E-state index contributed by atoms with van der Waals surface area (Å²) in [5, 5.41) is 3.79. The summed E-state index contributed by atoms with van der Waals surface area (Å²) in [7, 11) is 0. The van der Waals surface area contributed by atoms with Gasteiger partial charge in [0.2, 0.25) is 5.91 Å². The molecule has 1 amide bonds. The topological polar surface area (TPSA) is 29.1 Å². The van der Waals surface area contributed by atoms with Gasteiger partial charge in [0.05, 0.1) is 0 Å². The fourth-order valence-corrected chi connectivity index (χ4v) is 3.08. The smallest absolute Gasteiger partial charge is 0.224 e. The lowest BCUT2D eigenvalue weighted by Gasteiger charge is -2.40. The van der Waals surface area contributed by atoms with Crippen LogP contribution in [0.5, 0.6) is 0 Å². The number of hydrogen-bond acceptors (Lipinski definition) is 1. The van der Waals surface area contributed by atoms with E-state index in [0.717, 1.165) is 23.6 Å². The van der Waals surface area contributed by atoms with E-state index in [1.807, 2.05) is 12.1 Å². The molecule has 2 aliphatic rings. The van der Waals surface area contributed by atoms with Gasteiger partial charge >= 0.3 is 0 Å². The number of benzene rings is 1. The van der Waals surface area contributed by atoms with Crippen LogP contribution in [0.2, 0.25) is 5.02 Å². The van der Waals surface area contributed by atoms with Crippen molar-refractivity contribution in [2.24, 2.45) is 0 Å². The Labute approximate surface area is 106 Å². The van der Waals surface area contributed by atoms with Crippen molar-refractivity contribution in [1.82, 2.24) is 5.32 Å². The number of carbonyl (C=O) groups excluding carboxylic acids is 1. The van der Waals surface area contributed by atoms with E-state index in [2.05, 4.69) is 24.4 Å². The molecule has 1 unspecified atom stereocenters. The maximum atomic E-state index is 11.5. The van der Waals surface area contributed by atoms with Crippen LogP contribution in [0.25, 0.3) is 0 Å². The molecule has 1 saturated heterocycles. The molecule has 0 spiro atoms. The highest BCUT2D eigenvalue weighted by molar-refractivity contribution is 6.30. The highest BCUT2D eigenvalue weighted by atomic mass is 35.5. The average Bonchev–Trinajstić information content (AvgIpc) is 2.30. The van der Waals surface area contributed by atoms with Gasteiger partial charge in [-0.2, -0.15) is 0 Å². The molecule has 1 aromatic carbocycles. The normalized spacial score (nSPS) is 26.7. The predicted molar refractivity (Wildman–Crippen MR) is 68.0 cm³/mol. The van der Waals surface area contributed by atoms with E-state index in [4.69, 9.17) is 11.6 Å². The van der Waals surface area contributed by atoms with E-state index in [0.29, 0.717) is 6.42 Å². The van der Waals surface area contributed by atoms with E-state index < -0.39 is 0 Å². The molecule has 0 aromatic heterocycles. The highest BCUT2D eigenvalue weighted by Crippen LogP contribution is 2.43. The van der Waals surface area contributed by atoms with Crippen molar-refractivity contribution in [2.45, 2.75) is 31.6 Å². The van der Waals surface area contributed by atoms with Crippen molar-refractivity contribution >= 4 is 17.5 Å². The number of nitrogens with one attached hydrogen (secondary N) is 1. The lowest BCUT2D eigenvalue weighted by Crippen LogP contribution is -2.44. The molecule has 3 heteroatoms. The Morgan fingerprint density at radius 1 is 1.41 bits per heavy atom. The van der Waals surface area contributed by atoms with Gasteiger partial charge in [-0.15, -0.1) is 0 Å². The molecule has 0 bridgehead atoms. The van der Waals surface area contributed by atoms with Crippen LogP contribution < -0.4 is 5.32 Å². The van der Waals surface area contributed by atoms with Gasteiger partial charge in [0.15, 0.2) is 0 Å². The molecular formula is C14H14ClNO. The Hall–Kier alpha value is -1.28. The number of rotatable bonds is 0. The SMILES string of the molecule is CC12CCC(=O)NC1=CCc1cc(Cl)ccc12. The van der Waals surface area contributed by atoms with Crippen LogP contribution >= 0.6 is 11.6 Å². The summed E-state index contributed by atoms with van der Waals surface area (Å²) in [5.74, 6) is 0.131.